The van der Waals surface area contributed by atoms with Gasteiger partial charge in [0.25, 0.3) is 5.91 Å². The molecule has 1 fully saturated rings. The molecule has 1 saturated carbocycles. The van der Waals surface area contributed by atoms with Crippen LogP contribution in [0.15, 0.2) is 48.5 Å². The molecule has 5 nitrogen and oxygen atoms in total. The number of H-pyrrole nitrogens is 1. The zero-order valence-electron chi connectivity index (χ0n) is 19.5. The third kappa shape index (κ3) is 5.77. The quantitative estimate of drug-likeness (QED) is 0.361. The number of aromatic amines is 1. The molecule has 3 aromatic rings. The summed E-state index contributed by atoms with van der Waals surface area (Å²) in [6.07, 6.45) is 6.20. The largest absolute Gasteiger partial charge is 0.368 e. The number of halogens is 1. The van der Waals surface area contributed by atoms with Crippen molar-refractivity contribution < 1.29 is 4.79 Å². The molecule has 0 saturated heterocycles. The van der Waals surface area contributed by atoms with Gasteiger partial charge in [-0.05, 0) is 62.6 Å². The van der Waals surface area contributed by atoms with Gasteiger partial charge in [-0.25, -0.2) is 0 Å². The van der Waals surface area contributed by atoms with E-state index in [2.05, 4.69) is 52.0 Å². The summed E-state index contributed by atoms with van der Waals surface area (Å²) in [4.78, 5) is 12.7. The maximum Gasteiger partial charge on any atom is 0.253 e. The van der Waals surface area contributed by atoms with E-state index in [-0.39, 0.29) is 11.9 Å². The zero-order chi connectivity index (χ0) is 23.2. The Hall–Kier alpha value is -2.79. The Morgan fingerprint density at radius 1 is 1.12 bits per heavy atom. The van der Waals surface area contributed by atoms with Gasteiger partial charge in [-0.3, -0.25) is 9.89 Å². The number of carbonyl (C=O) groups excluding carboxylic acids is 1. The van der Waals surface area contributed by atoms with Gasteiger partial charge in [0.15, 0.2) is 5.82 Å². The second-order valence-electron chi connectivity index (χ2n) is 9.10. The molecular formula is C27H33ClN4O. The SMILES string of the molecule is CCCc1c(NCC2CCC(NC(=O)c3cc(C)ccc3Cl)CC2)n[nH]c1-c1ccccc1. The third-order valence-corrected chi connectivity index (χ3v) is 6.87. The fraction of sp³-hybridized carbons (Fsp3) is 0.407. The highest BCUT2D eigenvalue weighted by Crippen LogP contribution is 2.30. The zero-order valence-corrected chi connectivity index (χ0v) is 20.2. The van der Waals surface area contributed by atoms with Crippen LogP contribution < -0.4 is 10.6 Å². The van der Waals surface area contributed by atoms with Gasteiger partial charge in [-0.1, -0.05) is 66.9 Å². The van der Waals surface area contributed by atoms with Gasteiger partial charge in [-0.15, -0.1) is 0 Å². The molecule has 0 atom stereocenters. The first kappa shape index (κ1) is 23.4. The third-order valence-electron chi connectivity index (χ3n) is 6.54. The van der Waals surface area contributed by atoms with Crippen molar-refractivity contribution in [3.63, 3.8) is 0 Å². The van der Waals surface area contributed by atoms with Crippen LogP contribution in [-0.2, 0) is 6.42 Å². The molecule has 4 rings (SSSR count). The van der Waals surface area contributed by atoms with Crippen molar-refractivity contribution in [1.29, 1.82) is 0 Å². The minimum Gasteiger partial charge on any atom is -0.368 e. The monoisotopic (exact) mass is 464 g/mol. The van der Waals surface area contributed by atoms with Crippen LogP contribution in [0.1, 0.15) is 60.5 Å². The summed E-state index contributed by atoms with van der Waals surface area (Å²) in [5.74, 6) is 1.48. The van der Waals surface area contributed by atoms with Crippen molar-refractivity contribution in [3.8, 4) is 11.3 Å². The number of nitrogens with one attached hydrogen (secondary N) is 3. The number of benzene rings is 2. The molecular weight excluding hydrogens is 432 g/mol. The molecule has 174 valence electrons. The Morgan fingerprint density at radius 2 is 1.88 bits per heavy atom. The first-order valence-electron chi connectivity index (χ1n) is 12.0. The highest BCUT2D eigenvalue weighted by molar-refractivity contribution is 6.33. The Morgan fingerprint density at radius 3 is 2.61 bits per heavy atom. The molecule has 1 aromatic heterocycles. The topological polar surface area (TPSA) is 69.8 Å². The number of carbonyl (C=O) groups is 1. The number of hydrogen-bond donors (Lipinski definition) is 3. The molecule has 1 aliphatic rings. The highest BCUT2D eigenvalue weighted by atomic mass is 35.5. The molecule has 1 aliphatic carbocycles. The molecule has 6 heteroatoms. The molecule has 0 bridgehead atoms. The summed E-state index contributed by atoms with van der Waals surface area (Å²) in [6.45, 7) is 5.07. The number of hydrogen-bond acceptors (Lipinski definition) is 3. The van der Waals surface area contributed by atoms with E-state index in [0.29, 0.717) is 16.5 Å². The molecule has 0 radical (unpaired) electrons. The first-order chi connectivity index (χ1) is 16.0. The van der Waals surface area contributed by atoms with Crippen molar-refractivity contribution in [1.82, 2.24) is 15.5 Å². The maximum atomic E-state index is 12.7. The molecule has 3 N–H and O–H groups in total. The van der Waals surface area contributed by atoms with Crippen LogP contribution in [0, 0.1) is 12.8 Å². The standard InChI is InChI=1S/C27H33ClN4O/c1-3-7-22-25(20-8-5-4-6-9-20)31-32-26(22)29-17-19-11-13-21(14-12-19)30-27(33)23-16-18(2)10-15-24(23)28/h4-6,8-10,15-16,19,21H,3,7,11-14,17H2,1-2H3,(H,30,33)(H2,29,31,32). The van der Waals surface area contributed by atoms with E-state index >= 15 is 0 Å². The van der Waals surface area contributed by atoms with E-state index in [1.54, 1.807) is 6.07 Å². The summed E-state index contributed by atoms with van der Waals surface area (Å²) in [6, 6.07) is 16.2. The summed E-state index contributed by atoms with van der Waals surface area (Å²) in [7, 11) is 0. The number of aromatic nitrogens is 2. The predicted octanol–water partition coefficient (Wildman–Crippen LogP) is 6.39. The normalized spacial score (nSPS) is 18.2. The van der Waals surface area contributed by atoms with E-state index in [1.807, 2.05) is 25.1 Å². The van der Waals surface area contributed by atoms with Gasteiger partial charge in [0.1, 0.15) is 0 Å². The molecule has 0 unspecified atom stereocenters. The Labute approximate surface area is 201 Å². The molecule has 33 heavy (non-hydrogen) atoms. The molecule has 0 aliphatic heterocycles. The number of nitrogens with zero attached hydrogens (tertiary/aromatic N) is 1. The molecule has 1 heterocycles. The van der Waals surface area contributed by atoms with Crippen LogP contribution >= 0.6 is 11.6 Å². The van der Waals surface area contributed by atoms with Crippen molar-refractivity contribution in [2.45, 2.75) is 58.4 Å². The number of amides is 1. The first-order valence-corrected chi connectivity index (χ1v) is 12.4. The lowest BCUT2D eigenvalue weighted by Gasteiger charge is -2.29. The average Bonchev–Trinajstić information content (AvgIpc) is 3.23. The van der Waals surface area contributed by atoms with Crippen LogP contribution in [0.5, 0.6) is 0 Å². The number of anilines is 1. The Balaban J connectivity index is 1.30. The minimum atomic E-state index is -0.0700. The van der Waals surface area contributed by atoms with Crippen LogP contribution in [0.25, 0.3) is 11.3 Å². The number of rotatable bonds is 8. The van der Waals surface area contributed by atoms with Crippen LogP contribution in [0.2, 0.25) is 5.02 Å². The lowest BCUT2D eigenvalue weighted by Crippen LogP contribution is -2.38. The van der Waals surface area contributed by atoms with Crippen molar-refractivity contribution >= 4 is 23.3 Å². The summed E-state index contributed by atoms with van der Waals surface area (Å²) in [5, 5.41) is 15.1. The molecule has 2 aromatic carbocycles. The van der Waals surface area contributed by atoms with Gasteiger partial charge in [0.05, 0.1) is 16.3 Å². The minimum absolute atomic E-state index is 0.0700. The highest BCUT2D eigenvalue weighted by Gasteiger charge is 2.24. The van der Waals surface area contributed by atoms with Crippen molar-refractivity contribution in [2.24, 2.45) is 5.92 Å². The van der Waals surface area contributed by atoms with Gasteiger partial charge >= 0.3 is 0 Å². The Kier molecular flexibility index (Phi) is 7.71. The van der Waals surface area contributed by atoms with Crippen molar-refractivity contribution in [3.05, 3.63) is 70.2 Å². The van der Waals surface area contributed by atoms with Gasteiger partial charge < -0.3 is 10.6 Å². The Bertz CT molecular complexity index is 1070. The fourth-order valence-electron chi connectivity index (χ4n) is 4.68. The molecule has 0 spiro atoms. The van der Waals surface area contributed by atoms with E-state index in [1.165, 1.54) is 11.1 Å². The lowest BCUT2D eigenvalue weighted by atomic mass is 9.86. The summed E-state index contributed by atoms with van der Waals surface area (Å²) < 4.78 is 0. The molecule has 1 amide bonds. The van der Waals surface area contributed by atoms with E-state index in [0.717, 1.165) is 62.1 Å². The van der Waals surface area contributed by atoms with E-state index in [9.17, 15) is 4.79 Å². The van der Waals surface area contributed by atoms with Crippen LogP contribution in [0.4, 0.5) is 5.82 Å². The average molecular weight is 465 g/mol. The van der Waals surface area contributed by atoms with Gasteiger partial charge in [0, 0.05) is 18.2 Å². The van der Waals surface area contributed by atoms with Crippen molar-refractivity contribution in [2.75, 3.05) is 11.9 Å². The lowest BCUT2D eigenvalue weighted by molar-refractivity contribution is 0.0922. The second kappa shape index (κ2) is 10.9. The van der Waals surface area contributed by atoms with Crippen LogP contribution in [0.3, 0.4) is 0 Å². The second-order valence-corrected chi connectivity index (χ2v) is 9.50. The smallest absolute Gasteiger partial charge is 0.253 e. The fourth-order valence-corrected chi connectivity index (χ4v) is 4.88. The number of aryl methyl sites for hydroxylation is 1. The summed E-state index contributed by atoms with van der Waals surface area (Å²) in [5.41, 5.74) is 5.15. The van der Waals surface area contributed by atoms with E-state index in [4.69, 9.17) is 11.6 Å². The predicted molar refractivity (Wildman–Crippen MR) is 136 cm³/mol. The van der Waals surface area contributed by atoms with Crippen LogP contribution in [-0.4, -0.2) is 28.7 Å². The van der Waals surface area contributed by atoms with Gasteiger partial charge in [-0.2, -0.15) is 5.10 Å². The van der Waals surface area contributed by atoms with E-state index < -0.39 is 0 Å². The maximum absolute atomic E-state index is 12.7. The van der Waals surface area contributed by atoms with Gasteiger partial charge in [0.2, 0.25) is 0 Å². The summed E-state index contributed by atoms with van der Waals surface area (Å²) >= 11 is 6.23.